The minimum atomic E-state index is -0.724. The summed E-state index contributed by atoms with van der Waals surface area (Å²) in [5.41, 5.74) is 1.47. The predicted molar refractivity (Wildman–Crippen MR) is 101 cm³/mol. The van der Waals surface area contributed by atoms with Crippen molar-refractivity contribution in [1.29, 1.82) is 0 Å². The van der Waals surface area contributed by atoms with Gasteiger partial charge < -0.3 is 9.84 Å². The number of aliphatic hydroxyl groups is 1. The number of rotatable bonds is 3. The van der Waals surface area contributed by atoms with E-state index in [0.717, 1.165) is 0 Å². The summed E-state index contributed by atoms with van der Waals surface area (Å²) >= 11 is 0. The van der Waals surface area contributed by atoms with Crippen LogP contribution in [0.2, 0.25) is 0 Å². The lowest BCUT2D eigenvalue weighted by molar-refractivity contribution is -0.113. The Kier molecular flexibility index (Phi) is 4.43. The van der Waals surface area contributed by atoms with Gasteiger partial charge in [0.15, 0.2) is 5.78 Å². The molecule has 28 heavy (non-hydrogen) atoms. The highest BCUT2D eigenvalue weighted by Gasteiger charge is 2.34. The summed E-state index contributed by atoms with van der Waals surface area (Å²) in [6.07, 6.45) is 0. The van der Waals surface area contributed by atoms with Gasteiger partial charge in [0, 0.05) is 28.2 Å². The zero-order chi connectivity index (χ0) is 19.8. The van der Waals surface area contributed by atoms with E-state index in [-0.39, 0.29) is 17.1 Å². The molecule has 1 N–H and O–H groups in total. The molecule has 0 saturated heterocycles. The lowest BCUT2D eigenvalue weighted by Gasteiger charge is -2.29. The second-order valence-corrected chi connectivity index (χ2v) is 6.58. The Morgan fingerprint density at radius 3 is 2.25 bits per heavy atom. The SMILES string of the molecule is CC(=O)/C(=C(\O)c1ccc(F)cc1)[C@H]1c2ccccc2Oc2ccc(F)cc21. The first-order chi connectivity index (χ1) is 13.5. The van der Waals surface area contributed by atoms with E-state index < -0.39 is 17.6 Å². The third-order valence-electron chi connectivity index (χ3n) is 4.77. The molecule has 1 aliphatic heterocycles. The number of Topliss-reactive ketones (excluding diaryl/α,β-unsaturated/α-hetero) is 1. The largest absolute Gasteiger partial charge is 0.507 e. The van der Waals surface area contributed by atoms with Gasteiger partial charge in [-0.3, -0.25) is 4.79 Å². The molecular formula is C23H16F2O3. The number of aliphatic hydroxyl groups excluding tert-OH is 1. The van der Waals surface area contributed by atoms with Gasteiger partial charge in [0.05, 0.1) is 0 Å². The third kappa shape index (κ3) is 3.05. The van der Waals surface area contributed by atoms with Gasteiger partial charge in [0.1, 0.15) is 28.9 Å². The monoisotopic (exact) mass is 378 g/mol. The first-order valence-electron chi connectivity index (χ1n) is 8.72. The molecule has 0 saturated carbocycles. The summed E-state index contributed by atoms with van der Waals surface area (Å²) in [5.74, 6) is -1.37. The normalized spacial score (nSPS) is 15.8. The van der Waals surface area contributed by atoms with Crippen molar-refractivity contribution in [2.75, 3.05) is 0 Å². The van der Waals surface area contributed by atoms with Crippen LogP contribution >= 0.6 is 0 Å². The number of para-hydroxylation sites is 1. The maximum Gasteiger partial charge on any atom is 0.160 e. The van der Waals surface area contributed by atoms with Gasteiger partial charge in [-0.05, 0) is 55.5 Å². The molecule has 3 aromatic rings. The molecule has 0 bridgehead atoms. The summed E-state index contributed by atoms with van der Waals surface area (Å²) in [4.78, 5) is 12.6. The number of hydrogen-bond acceptors (Lipinski definition) is 3. The standard InChI is InChI=1S/C23H16F2O3/c1-13(26)21(23(27)14-6-8-15(24)9-7-14)22-17-4-2-3-5-19(17)28-20-11-10-16(25)12-18(20)22/h2-12,22,27H,1H3/b23-21+/t22-/m0/s1. The van der Waals surface area contributed by atoms with E-state index in [1.807, 2.05) is 0 Å². The van der Waals surface area contributed by atoms with Crippen molar-refractivity contribution in [2.45, 2.75) is 12.8 Å². The fourth-order valence-electron chi connectivity index (χ4n) is 3.52. The van der Waals surface area contributed by atoms with Crippen molar-refractivity contribution in [3.05, 3.63) is 101 Å². The quantitative estimate of drug-likeness (QED) is 0.465. The molecule has 3 aromatic carbocycles. The van der Waals surface area contributed by atoms with Gasteiger partial charge in [0.25, 0.3) is 0 Å². The second kappa shape index (κ2) is 6.93. The highest BCUT2D eigenvalue weighted by atomic mass is 19.1. The number of ether oxygens (including phenoxy) is 1. The van der Waals surface area contributed by atoms with Crippen molar-refractivity contribution in [1.82, 2.24) is 0 Å². The molecule has 0 radical (unpaired) electrons. The number of fused-ring (bicyclic) bond motifs is 2. The predicted octanol–water partition coefficient (Wildman–Crippen LogP) is 5.76. The summed E-state index contributed by atoms with van der Waals surface area (Å²) in [6, 6.07) is 16.4. The van der Waals surface area contributed by atoms with Crippen LogP contribution in [0.4, 0.5) is 8.78 Å². The molecule has 0 amide bonds. The van der Waals surface area contributed by atoms with Gasteiger partial charge in [-0.2, -0.15) is 0 Å². The van der Waals surface area contributed by atoms with Crippen LogP contribution in [0, 0.1) is 11.6 Å². The van der Waals surface area contributed by atoms with Gasteiger partial charge in [-0.15, -0.1) is 0 Å². The summed E-state index contributed by atoms with van der Waals surface area (Å²) in [5, 5.41) is 10.9. The molecule has 1 heterocycles. The van der Waals surface area contributed by atoms with Gasteiger partial charge in [-0.1, -0.05) is 18.2 Å². The maximum absolute atomic E-state index is 14.0. The molecule has 1 aliphatic rings. The van der Waals surface area contributed by atoms with E-state index in [9.17, 15) is 18.7 Å². The van der Waals surface area contributed by atoms with Crippen LogP contribution in [0.25, 0.3) is 5.76 Å². The van der Waals surface area contributed by atoms with Crippen LogP contribution in [0.3, 0.4) is 0 Å². The van der Waals surface area contributed by atoms with Gasteiger partial charge in [0.2, 0.25) is 0 Å². The van der Waals surface area contributed by atoms with E-state index in [2.05, 4.69) is 0 Å². The van der Waals surface area contributed by atoms with Crippen molar-refractivity contribution in [3.63, 3.8) is 0 Å². The first kappa shape index (κ1) is 17.9. The van der Waals surface area contributed by atoms with E-state index in [4.69, 9.17) is 4.74 Å². The molecule has 4 rings (SSSR count). The molecule has 0 aromatic heterocycles. The Bertz CT molecular complexity index is 1100. The highest BCUT2D eigenvalue weighted by Crippen LogP contribution is 2.48. The average molecular weight is 378 g/mol. The van der Waals surface area contributed by atoms with Crippen LogP contribution in [0.5, 0.6) is 11.5 Å². The van der Waals surface area contributed by atoms with Crippen LogP contribution in [-0.2, 0) is 4.79 Å². The van der Waals surface area contributed by atoms with Crippen LogP contribution in [-0.4, -0.2) is 10.9 Å². The average Bonchev–Trinajstić information content (AvgIpc) is 2.68. The molecule has 0 aliphatic carbocycles. The Morgan fingerprint density at radius 2 is 1.54 bits per heavy atom. The first-order valence-corrected chi connectivity index (χ1v) is 8.72. The zero-order valence-corrected chi connectivity index (χ0v) is 14.9. The Labute approximate surface area is 160 Å². The molecule has 3 nitrogen and oxygen atoms in total. The zero-order valence-electron chi connectivity index (χ0n) is 14.9. The maximum atomic E-state index is 14.0. The number of carbonyl (C=O) groups is 1. The van der Waals surface area contributed by atoms with Crippen molar-refractivity contribution in [3.8, 4) is 11.5 Å². The van der Waals surface area contributed by atoms with Crippen LogP contribution in [0.1, 0.15) is 29.5 Å². The van der Waals surface area contributed by atoms with Crippen molar-refractivity contribution >= 4 is 11.5 Å². The van der Waals surface area contributed by atoms with Gasteiger partial charge >= 0.3 is 0 Å². The second-order valence-electron chi connectivity index (χ2n) is 6.58. The number of carbonyl (C=O) groups excluding carboxylic acids is 1. The number of ketones is 1. The lowest BCUT2D eigenvalue weighted by Crippen LogP contribution is -2.18. The number of benzene rings is 3. The third-order valence-corrected chi connectivity index (χ3v) is 4.77. The summed E-state index contributed by atoms with van der Waals surface area (Å²) in [6.45, 7) is 1.34. The minimum Gasteiger partial charge on any atom is -0.507 e. The molecule has 0 fully saturated rings. The number of allylic oxidation sites excluding steroid dienone is 1. The van der Waals surface area contributed by atoms with E-state index in [1.165, 1.54) is 49.4 Å². The molecule has 5 heteroatoms. The van der Waals surface area contributed by atoms with Crippen molar-refractivity contribution in [2.24, 2.45) is 0 Å². The summed E-state index contributed by atoms with van der Waals surface area (Å²) in [7, 11) is 0. The molecule has 140 valence electrons. The fraction of sp³-hybridized carbons (Fsp3) is 0.0870. The van der Waals surface area contributed by atoms with E-state index in [0.29, 0.717) is 28.2 Å². The fourth-order valence-corrected chi connectivity index (χ4v) is 3.52. The molecule has 0 unspecified atom stereocenters. The van der Waals surface area contributed by atoms with E-state index in [1.54, 1.807) is 24.3 Å². The topological polar surface area (TPSA) is 46.5 Å². The molecule has 0 spiro atoms. The van der Waals surface area contributed by atoms with Gasteiger partial charge in [-0.25, -0.2) is 8.78 Å². The number of hydrogen-bond donors (Lipinski definition) is 1. The van der Waals surface area contributed by atoms with Crippen molar-refractivity contribution < 1.29 is 23.4 Å². The molecular weight excluding hydrogens is 362 g/mol. The lowest BCUT2D eigenvalue weighted by atomic mass is 9.79. The smallest absolute Gasteiger partial charge is 0.160 e. The number of halogens is 2. The Morgan fingerprint density at radius 1 is 0.893 bits per heavy atom. The highest BCUT2D eigenvalue weighted by molar-refractivity contribution is 6.02. The summed E-state index contributed by atoms with van der Waals surface area (Å²) < 4.78 is 33.2. The minimum absolute atomic E-state index is 0.0919. The molecule has 1 atom stereocenters. The van der Waals surface area contributed by atoms with E-state index >= 15 is 0 Å². The van der Waals surface area contributed by atoms with Crippen LogP contribution < -0.4 is 4.74 Å². The van der Waals surface area contributed by atoms with Crippen LogP contribution in [0.15, 0.2) is 72.3 Å². The Hall–Kier alpha value is -3.47. The Balaban J connectivity index is 1.99.